The highest BCUT2D eigenvalue weighted by molar-refractivity contribution is 6.33. The van der Waals surface area contributed by atoms with Crippen molar-refractivity contribution in [3.63, 3.8) is 0 Å². The highest BCUT2D eigenvalue weighted by Gasteiger charge is 2.17. The second-order valence-corrected chi connectivity index (χ2v) is 4.55. The van der Waals surface area contributed by atoms with E-state index in [-0.39, 0.29) is 5.38 Å². The zero-order valence-corrected chi connectivity index (χ0v) is 10.8. The van der Waals surface area contributed by atoms with Gasteiger partial charge in [-0.1, -0.05) is 37.9 Å². The van der Waals surface area contributed by atoms with Gasteiger partial charge in [0.15, 0.2) is 0 Å². The van der Waals surface area contributed by atoms with E-state index in [9.17, 15) is 0 Å². The van der Waals surface area contributed by atoms with Crippen molar-refractivity contribution in [1.82, 2.24) is 0 Å². The number of rotatable bonds is 4. The van der Waals surface area contributed by atoms with E-state index >= 15 is 0 Å². The van der Waals surface area contributed by atoms with Gasteiger partial charge < -0.3 is 4.74 Å². The zero-order chi connectivity index (χ0) is 11.4. The molecule has 2 atom stereocenters. The van der Waals surface area contributed by atoms with Crippen molar-refractivity contribution in [1.29, 1.82) is 0 Å². The molecular formula is C12H16Cl2O. The van der Waals surface area contributed by atoms with E-state index in [1.807, 2.05) is 12.1 Å². The lowest BCUT2D eigenvalue weighted by molar-refractivity contribution is 0.414. The lowest BCUT2D eigenvalue weighted by Crippen LogP contribution is -2.03. The third-order valence-corrected chi connectivity index (χ3v) is 3.64. The molecule has 0 aliphatic carbocycles. The van der Waals surface area contributed by atoms with E-state index < -0.39 is 0 Å². The van der Waals surface area contributed by atoms with Crippen molar-refractivity contribution in [2.75, 3.05) is 7.11 Å². The number of ether oxygens (including phenoxy) is 1. The molecule has 15 heavy (non-hydrogen) atoms. The highest BCUT2D eigenvalue weighted by Crippen LogP contribution is 2.36. The first-order valence-electron chi connectivity index (χ1n) is 5.07. The minimum Gasteiger partial charge on any atom is -0.497 e. The SMILES string of the molecule is CCC(C)C(Cl)c1ccc(OC)cc1Cl. The summed E-state index contributed by atoms with van der Waals surface area (Å²) in [7, 11) is 1.62. The van der Waals surface area contributed by atoms with Crippen LogP contribution in [0.15, 0.2) is 18.2 Å². The molecule has 0 aromatic heterocycles. The normalized spacial score (nSPS) is 14.7. The largest absolute Gasteiger partial charge is 0.497 e. The van der Waals surface area contributed by atoms with Gasteiger partial charge in [-0.25, -0.2) is 0 Å². The molecule has 1 aromatic rings. The molecular weight excluding hydrogens is 231 g/mol. The van der Waals surface area contributed by atoms with Crippen LogP contribution >= 0.6 is 23.2 Å². The standard InChI is InChI=1S/C12H16Cl2O/c1-4-8(2)12(14)10-6-5-9(15-3)7-11(10)13/h5-8,12H,4H2,1-3H3. The molecule has 0 heterocycles. The maximum absolute atomic E-state index is 6.33. The van der Waals surface area contributed by atoms with Gasteiger partial charge in [0.05, 0.1) is 12.5 Å². The first-order valence-corrected chi connectivity index (χ1v) is 5.89. The molecule has 0 saturated carbocycles. The molecule has 3 heteroatoms. The lowest BCUT2D eigenvalue weighted by atomic mass is 9.98. The quantitative estimate of drug-likeness (QED) is 0.702. The van der Waals surface area contributed by atoms with Gasteiger partial charge in [0, 0.05) is 5.02 Å². The van der Waals surface area contributed by atoms with Crippen LogP contribution in [0.5, 0.6) is 5.75 Å². The third-order valence-electron chi connectivity index (χ3n) is 2.65. The first kappa shape index (κ1) is 12.7. The Hall–Kier alpha value is -0.400. The zero-order valence-electron chi connectivity index (χ0n) is 9.26. The van der Waals surface area contributed by atoms with E-state index in [4.69, 9.17) is 27.9 Å². The second-order valence-electron chi connectivity index (χ2n) is 3.67. The average molecular weight is 247 g/mol. The third kappa shape index (κ3) is 3.02. The average Bonchev–Trinajstić information content (AvgIpc) is 2.26. The number of hydrogen-bond donors (Lipinski definition) is 0. The van der Waals surface area contributed by atoms with Crippen LogP contribution in [0.1, 0.15) is 31.2 Å². The molecule has 1 aromatic carbocycles. The van der Waals surface area contributed by atoms with E-state index in [2.05, 4.69) is 13.8 Å². The van der Waals surface area contributed by atoms with E-state index in [1.54, 1.807) is 13.2 Å². The first-order chi connectivity index (χ1) is 7.10. The van der Waals surface area contributed by atoms with Crippen molar-refractivity contribution in [2.24, 2.45) is 5.92 Å². The van der Waals surface area contributed by atoms with Crippen molar-refractivity contribution in [3.8, 4) is 5.75 Å². The maximum atomic E-state index is 6.33. The number of halogens is 2. The summed E-state index contributed by atoms with van der Waals surface area (Å²) in [6.45, 7) is 4.25. The van der Waals surface area contributed by atoms with Gasteiger partial charge in [0.25, 0.3) is 0 Å². The Bertz CT molecular complexity index is 325. The smallest absolute Gasteiger partial charge is 0.120 e. The van der Waals surface area contributed by atoms with Gasteiger partial charge in [-0.3, -0.25) is 0 Å². The molecule has 2 unspecified atom stereocenters. The lowest BCUT2D eigenvalue weighted by Gasteiger charge is -2.18. The summed E-state index contributed by atoms with van der Waals surface area (Å²) in [6.07, 6.45) is 1.04. The monoisotopic (exact) mass is 246 g/mol. The molecule has 1 nitrogen and oxygen atoms in total. The van der Waals surface area contributed by atoms with Gasteiger partial charge in [0.2, 0.25) is 0 Å². The summed E-state index contributed by atoms with van der Waals surface area (Å²) >= 11 is 12.5. The summed E-state index contributed by atoms with van der Waals surface area (Å²) in [5.41, 5.74) is 0.980. The predicted octanol–water partition coefficient (Wildman–Crippen LogP) is 4.67. The molecule has 0 bridgehead atoms. The van der Waals surface area contributed by atoms with Gasteiger partial charge in [-0.15, -0.1) is 11.6 Å². The molecule has 0 amide bonds. The fourth-order valence-corrected chi connectivity index (χ4v) is 2.08. The Morgan fingerprint density at radius 3 is 2.53 bits per heavy atom. The molecule has 0 aliphatic heterocycles. The van der Waals surface area contributed by atoms with E-state index in [0.717, 1.165) is 17.7 Å². The number of methoxy groups -OCH3 is 1. The Morgan fingerprint density at radius 2 is 2.07 bits per heavy atom. The van der Waals surface area contributed by atoms with E-state index in [1.165, 1.54) is 0 Å². The minimum atomic E-state index is -0.0339. The van der Waals surface area contributed by atoms with Crippen LogP contribution < -0.4 is 4.74 Å². The Balaban J connectivity index is 2.95. The highest BCUT2D eigenvalue weighted by atomic mass is 35.5. The molecule has 0 N–H and O–H groups in total. The van der Waals surface area contributed by atoms with Gasteiger partial charge in [0.1, 0.15) is 5.75 Å². The van der Waals surface area contributed by atoms with Gasteiger partial charge in [-0.05, 0) is 23.6 Å². The summed E-state index contributed by atoms with van der Waals surface area (Å²) in [4.78, 5) is 0. The van der Waals surface area contributed by atoms with Crippen molar-refractivity contribution < 1.29 is 4.74 Å². The fourth-order valence-electron chi connectivity index (χ4n) is 1.37. The van der Waals surface area contributed by atoms with Crippen molar-refractivity contribution >= 4 is 23.2 Å². The van der Waals surface area contributed by atoms with Crippen LogP contribution in [-0.2, 0) is 0 Å². The molecule has 0 radical (unpaired) electrons. The molecule has 0 spiro atoms. The number of benzene rings is 1. The van der Waals surface area contributed by atoms with Gasteiger partial charge in [-0.2, -0.15) is 0 Å². The summed E-state index contributed by atoms with van der Waals surface area (Å²) < 4.78 is 5.09. The summed E-state index contributed by atoms with van der Waals surface area (Å²) in [6, 6.07) is 5.62. The summed E-state index contributed by atoms with van der Waals surface area (Å²) in [5.74, 6) is 1.18. The minimum absolute atomic E-state index is 0.0339. The van der Waals surface area contributed by atoms with Crippen molar-refractivity contribution in [3.05, 3.63) is 28.8 Å². The Labute approximate surface area is 101 Å². The predicted molar refractivity (Wildman–Crippen MR) is 66.1 cm³/mol. The fraction of sp³-hybridized carbons (Fsp3) is 0.500. The molecule has 0 fully saturated rings. The van der Waals surface area contributed by atoms with E-state index in [0.29, 0.717) is 10.9 Å². The maximum Gasteiger partial charge on any atom is 0.120 e. The van der Waals surface area contributed by atoms with Crippen LogP contribution in [-0.4, -0.2) is 7.11 Å². The molecule has 1 rings (SSSR count). The van der Waals surface area contributed by atoms with Crippen LogP contribution in [0.3, 0.4) is 0 Å². The van der Waals surface area contributed by atoms with Crippen LogP contribution in [0.25, 0.3) is 0 Å². The van der Waals surface area contributed by atoms with Crippen LogP contribution in [0, 0.1) is 5.92 Å². The number of alkyl halides is 1. The second kappa shape index (κ2) is 5.62. The molecule has 0 saturated heterocycles. The molecule has 0 aliphatic rings. The molecule has 84 valence electrons. The summed E-state index contributed by atoms with van der Waals surface area (Å²) in [5, 5.41) is 0.642. The Kier molecular flexibility index (Phi) is 4.75. The van der Waals surface area contributed by atoms with Crippen LogP contribution in [0.4, 0.5) is 0 Å². The Morgan fingerprint density at radius 1 is 1.40 bits per heavy atom. The number of hydrogen-bond acceptors (Lipinski definition) is 1. The van der Waals surface area contributed by atoms with Crippen molar-refractivity contribution in [2.45, 2.75) is 25.6 Å². The van der Waals surface area contributed by atoms with Crippen LogP contribution in [0.2, 0.25) is 5.02 Å². The topological polar surface area (TPSA) is 9.23 Å². The van der Waals surface area contributed by atoms with Gasteiger partial charge >= 0.3 is 0 Å².